The van der Waals surface area contributed by atoms with Crippen LogP contribution in [0.3, 0.4) is 0 Å². The van der Waals surface area contributed by atoms with Crippen LogP contribution in [0.25, 0.3) is 0 Å². The van der Waals surface area contributed by atoms with Crippen molar-refractivity contribution in [3.63, 3.8) is 0 Å². The van der Waals surface area contributed by atoms with E-state index in [1.807, 2.05) is 6.92 Å². The van der Waals surface area contributed by atoms with E-state index >= 15 is 0 Å². The van der Waals surface area contributed by atoms with Crippen LogP contribution in [0.2, 0.25) is 10.0 Å². The van der Waals surface area contributed by atoms with Gasteiger partial charge in [-0.2, -0.15) is 0 Å². The van der Waals surface area contributed by atoms with Gasteiger partial charge in [0.15, 0.2) is 5.96 Å². The fourth-order valence-corrected chi connectivity index (χ4v) is 2.61. The van der Waals surface area contributed by atoms with E-state index in [9.17, 15) is 9.90 Å². The van der Waals surface area contributed by atoms with Gasteiger partial charge >= 0.3 is 5.97 Å². The van der Waals surface area contributed by atoms with E-state index in [2.05, 4.69) is 15.6 Å². The third kappa shape index (κ3) is 8.95. The lowest BCUT2D eigenvalue weighted by molar-refractivity contribution is -0.143. The minimum absolute atomic E-state index is 0.157. The van der Waals surface area contributed by atoms with Crippen LogP contribution < -0.4 is 10.6 Å². The van der Waals surface area contributed by atoms with Crippen LogP contribution in [-0.4, -0.2) is 43.3 Å². The van der Waals surface area contributed by atoms with Gasteiger partial charge < -0.3 is 20.5 Å². The molecule has 25 heavy (non-hydrogen) atoms. The number of carbonyl (C=O) groups excluding carboxylic acids is 1. The zero-order valence-electron chi connectivity index (χ0n) is 14.5. The van der Waals surface area contributed by atoms with Crippen LogP contribution in [0.4, 0.5) is 0 Å². The predicted octanol–water partition coefficient (Wildman–Crippen LogP) is 2.93. The van der Waals surface area contributed by atoms with Gasteiger partial charge in [-0.1, -0.05) is 23.2 Å². The van der Waals surface area contributed by atoms with Crippen LogP contribution >= 0.6 is 23.2 Å². The number of aliphatic hydroxyl groups excluding tert-OH is 1. The van der Waals surface area contributed by atoms with E-state index in [1.165, 1.54) is 0 Å². The third-order valence-corrected chi connectivity index (χ3v) is 3.63. The molecule has 0 saturated heterocycles. The van der Waals surface area contributed by atoms with E-state index in [4.69, 9.17) is 27.9 Å². The molecular weight excluding hydrogens is 365 g/mol. The average molecular weight is 390 g/mol. The van der Waals surface area contributed by atoms with Crippen molar-refractivity contribution in [1.82, 2.24) is 10.6 Å². The molecule has 6 nitrogen and oxygen atoms in total. The Morgan fingerprint density at radius 3 is 2.52 bits per heavy atom. The van der Waals surface area contributed by atoms with Crippen molar-refractivity contribution in [2.24, 2.45) is 4.99 Å². The third-order valence-electron chi connectivity index (χ3n) is 3.19. The fourth-order valence-electron chi connectivity index (χ4n) is 2.07. The normalized spacial score (nSPS) is 12.6. The Morgan fingerprint density at radius 2 is 1.92 bits per heavy atom. The van der Waals surface area contributed by atoms with E-state index in [1.54, 1.807) is 25.1 Å². The van der Waals surface area contributed by atoms with Crippen molar-refractivity contribution in [2.45, 2.75) is 32.8 Å². The number of nitrogens with zero attached hydrogens (tertiary/aromatic N) is 1. The zero-order valence-corrected chi connectivity index (χ0v) is 16.0. The fraction of sp³-hybridized carbons (Fsp3) is 0.529. The number of halogens is 2. The summed E-state index contributed by atoms with van der Waals surface area (Å²) < 4.78 is 4.88. The van der Waals surface area contributed by atoms with Crippen LogP contribution in [0.5, 0.6) is 0 Å². The molecule has 0 spiro atoms. The maximum atomic E-state index is 11.3. The number of carbonyl (C=O) groups is 1. The topological polar surface area (TPSA) is 83.0 Å². The molecule has 0 radical (unpaired) electrons. The summed E-state index contributed by atoms with van der Waals surface area (Å²) in [4.78, 5) is 15.6. The molecule has 0 saturated carbocycles. The Kier molecular flexibility index (Phi) is 10.3. The first-order valence-electron chi connectivity index (χ1n) is 8.28. The molecule has 0 aliphatic heterocycles. The van der Waals surface area contributed by atoms with Crippen LogP contribution in [0.1, 0.15) is 38.4 Å². The number of esters is 1. The molecule has 0 aliphatic carbocycles. The van der Waals surface area contributed by atoms with Gasteiger partial charge in [0, 0.05) is 29.6 Å². The van der Waals surface area contributed by atoms with E-state index < -0.39 is 6.10 Å². The molecule has 0 aliphatic rings. The number of ether oxygens (including phenoxy) is 1. The predicted molar refractivity (Wildman–Crippen MR) is 101 cm³/mol. The van der Waals surface area contributed by atoms with Crippen molar-refractivity contribution in [1.29, 1.82) is 0 Å². The van der Waals surface area contributed by atoms with Crippen LogP contribution in [0.15, 0.2) is 23.2 Å². The molecular formula is C17H25Cl2N3O3. The van der Waals surface area contributed by atoms with Crippen molar-refractivity contribution < 1.29 is 14.6 Å². The molecule has 0 aromatic heterocycles. The van der Waals surface area contributed by atoms with Gasteiger partial charge in [-0.15, -0.1) is 0 Å². The zero-order chi connectivity index (χ0) is 18.7. The molecule has 0 fully saturated rings. The van der Waals surface area contributed by atoms with Gasteiger partial charge in [-0.05, 0) is 44.0 Å². The highest BCUT2D eigenvalue weighted by Crippen LogP contribution is 2.23. The van der Waals surface area contributed by atoms with Crippen molar-refractivity contribution in [3.05, 3.63) is 33.8 Å². The second-order valence-corrected chi connectivity index (χ2v) is 6.15. The Labute approximate surface area is 158 Å². The summed E-state index contributed by atoms with van der Waals surface area (Å²) in [5, 5.41) is 17.4. The number of hydrogen-bond acceptors (Lipinski definition) is 4. The number of aliphatic imine (C=N–C) groups is 1. The molecule has 8 heteroatoms. The van der Waals surface area contributed by atoms with Gasteiger partial charge in [0.05, 0.1) is 19.3 Å². The van der Waals surface area contributed by atoms with Crippen LogP contribution in [0, 0.1) is 0 Å². The second-order valence-electron chi connectivity index (χ2n) is 5.27. The largest absolute Gasteiger partial charge is 0.466 e. The molecule has 0 amide bonds. The molecule has 3 N–H and O–H groups in total. The Bertz CT molecular complexity index is 562. The van der Waals surface area contributed by atoms with E-state index in [-0.39, 0.29) is 12.5 Å². The summed E-state index contributed by atoms with van der Waals surface area (Å²) in [6.45, 7) is 5.53. The highest BCUT2D eigenvalue weighted by Gasteiger charge is 2.10. The monoisotopic (exact) mass is 389 g/mol. The first-order valence-corrected chi connectivity index (χ1v) is 9.03. The molecule has 1 rings (SSSR count). The highest BCUT2D eigenvalue weighted by molar-refractivity contribution is 6.34. The molecule has 1 unspecified atom stereocenters. The number of benzene rings is 1. The van der Waals surface area contributed by atoms with Crippen LogP contribution in [-0.2, 0) is 9.53 Å². The van der Waals surface area contributed by atoms with Crippen molar-refractivity contribution in [3.8, 4) is 0 Å². The molecule has 140 valence electrons. The summed E-state index contributed by atoms with van der Waals surface area (Å²) in [6, 6.07) is 4.93. The number of guanidine groups is 1. The molecule has 1 atom stereocenters. The quantitative estimate of drug-likeness (QED) is 0.261. The molecule has 1 aromatic carbocycles. The van der Waals surface area contributed by atoms with Gasteiger partial charge in [0.1, 0.15) is 0 Å². The molecule has 0 heterocycles. The Hall–Kier alpha value is -1.50. The lowest BCUT2D eigenvalue weighted by Crippen LogP contribution is -2.38. The van der Waals surface area contributed by atoms with Crippen molar-refractivity contribution in [2.75, 3.05) is 26.2 Å². The highest BCUT2D eigenvalue weighted by atomic mass is 35.5. The van der Waals surface area contributed by atoms with Gasteiger partial charge in [-0.3, -0.25) is 9.79 Å². The van der Waals surface area contributed by atoms with E-state index in [0.717, 1.165) is 0 Å². The number of aliphatic hydroxyl groups is 1. The smallest absolute Gasteiger partial charge is 0.305 e. The summed E-state index contributed by atoms with van der Waals surface area (Å²) >= 11 is 11.9. The summed E-state index contributed by atoms with van der Waals surface area (Å²) in [5.74, 6) is 0.359. The second kappa shape index (κ2) is 12.0. The van der Waals surface area contributed by atoms with E-state index in [0.29, 0.717) is 54.1 Å². The maximum absolute atomic E-state index is 11.3. The number of hydrogen-bond donors (Lipinski definition) is 3. The molecule has 1 aromatic rings. The number of nitrogens with one attached hydrogen (secondary N) is 2. The van der Waals surface area contributed by atoms with Gasteiger partial charge in [0.2, 0.25) is 0 Å². The Morgan fingerprint density at radius 1 is 1.24 bits per heavy atom. The minimum Gasteiger partial charge on any atom is -0.466 e. The maximum Gasteiger partial charge on any atom is 0.305 e. The summed E-state index contributed by atoms with van der Waals surface area (Å²) in [7, 11) is 0. The number of rotatable bonds is 9. The SMILES string of the molecule is CCNC(=NCC(O)c1cc(Cl)cc(Cl)c1)NCCCC(=O)OCC. The van der Waals surface area contributed by atoms with Crippen molar-refractivity contribution >= 4 is 35.1 Å². The van der Waals surface area contributed by atoms with Gasteiger partial charge in [-0.25, -0.2) is 0 Å². The lowest BCUT2D eigenvalue weighted by Gasteiger charge is -2.13. The lowest BCUT2D eigenvalue weighted by atomic mass is 10.1. The van der Waals surface area contributed by atoms with Gasteiger partial charge in [0.25, 0.3) is 0 Å². The summed E-state index contributed by atoms with van der Waals surface area (Å²) in [5.41, 5.74) is 0.611. The summed E-state index contributed by atoms with van der Waals surface area (Å²) in [6.07, 6.45) is 0.172. The first-order chi connectivity index (χ1) is 12.0. The average Bonchev–Trinajstić information content (AvgIpc) is 2.55. The standard InChI is InChI=1S/C17H25Cl2N3O3/c1-3-20-17(21-7-5-6-16(24)25-4-2)22-11-15(23)12-8-13(18)10-14(19)9-12/h8-10,15,23H,3-7,11H2,1-2H3,(H2,20,21,22). The first kappa shape index (κ1) is 21.5. The Balaban J connectivity index is 2.52. The molecule has 0 bridgehead atoms. The minimum atomic E-state index is -0.814.